The van der Waals surface area contributed by atoms with Crippen molar-refractivity contribution in [2.24, 2.45) is 0 Å². The molecule has 0 saturated carbocycles. The minimum atomic E-state index is -0.364. The number of anilines is 1. The van der Waals surface area contributed by atoms with Crippen LogP contribution in [0.1, 0.15) is 49.9 Å². The smallest absolute Gasteiger partial charge is 0.338 e. The molecule has 0 fully saturated rings. The van der Waals surface area contributed by atoms with Crippen LogP contribution in [0, 0.1) is 0 Å². The summed E-state index contributed by atoms with van der Waals surface area (Å²) >= 11 is 0. The van der Waals surface area contributed by atoms with E-state index >= 15 is 0 Å². The van der Waals surface area contributed by atoms with Crippen LogP contribution in [0.2, 0.25) is 0 Å². The molecule has 0 saturated heterocycles. The van der Waals surface area contributed by atoms with Gasteiger partial charge in [0.25, 0.3) is 0 Å². The number of hydrogen-bond acceptors (Lipinski definition) is 13. The van der Waals surface area contributed by atoms with Gasteiger partial charge in [-0.05, 0) is 37.1 Å². The fourth-order valence-electron chi connectivity index (χ4n) is 3.54. The predicted molar refractivity (Wildman–Crippen MR) is 173 cm³/mol. The van der Waals surface area contributed by atoms with Gasteiger partial charge in [-0.25, -0.2) is 4.79 Å². The van der Waals surface area contributed by atoms with E-state index in [2.05, 4.69) is 12.2 Å². The highest BCUT2D eigenvalue weighted by Crippen LogP contribution is 2.11. The van der Waals surface area contributed by atoms with Crippen LogP contribution in [-0.4, -0.2) is 137 Å². The maximum Gasteiger partial charge on any atom is 0.338 e. The van der Waals surface area contributed by atoms with Crippen LogP contribution in [0.3, 0.4) is 0 Å². The third-order valence-corrected chi connectivity index (χ3v) is 5.99. The SMILES string of the molecule is CCCCNc1ccc(C(=O)OCCOCCOCCOCCOCCOCCOCCOCCOCCOC(=O)CCC)cc1. The first kappa shape index (κ1) is 41.7. The molecule has 266 valence electrons. The number of nitrogens with one attached hydrogen (secondary N) is 1. The summed E-state index contributed by atoms with van der Waals surface area (Å²) in [4.78, 5) is 23.3. The number of ether oxygens (including phenoxy) is 10. The average Bonchev–Trinajstić information content (AvgIpc) is 3.06. The standard InChI is InChI=1S/C33H57NO12/c1-3-5-11-34-31-9-7-30(8-10-31)33(36)46-29-27-44-25-23-42-21-19-40-17-15-38-13-12-37-14-16-39-18-20-41-22-24-43-26-28-45-32(35)6-4-2/h7-10,34H,3-6,11-29H2,1-2H3. The highest BCUT2D eigenvalue weighted by atomic mass is 16.6. The molecule has 0 radical (unpaired) electrons. The largest absolute Gasteiger partial charge is 0.463 e. The van der Waals surface area contributed by atoms with E-state index < -0.39 is 0 Å². The summed E-state index contributed by atoms with van der Waals surface area (Å²) in [6.07, 6.45) is 3.46. The maximum atomic E-state index is 12.1. The lowest BCUT2D eigenvalue weighted by Gasteiger charge is -2.09. The molecule has 0 aliphatic rings. The zero-order valence-corrected chi connectivity index (χ0v) is 28.0. The number of unbranched alkanes of at least 4 members (excludes halogenated alkanes) is 1. The van der Waals surface area contributed by atoms with E-state index in [9.17, 15) is 9.59 Å². The minimum absolute atomic E-state index is 0.188. The lowest BCUT2D eigenvalue weighted by Crippen LogP contribution is -2.15. The van der Waals surface area contributed by atoms with E-state index in [4.69, 9.17) is 47.4 Å². The molecular weight excluding hydrogens is 602 g/mol. The molecule has 46 heavy (non-hydrogen) atoms. The van der Waals surface area contributed by atoms with Gasteiger partial charge in [0.1, 0.15) is 13.2 Å². The summed E-state index contributed by atoms with van der Waals surface area (Å²) in [7, 11) is 0. The summed E-state index contributed by atoms with van der Waals surface area (Å²) in [6.45, 7) is 12.7. The summed E-state index contributed by atoms with van der Waals surface area (Å²) < 4.78 is 53.7. The van der Waals surface area contributed by atoms with E-state index in [-0.39, 0.29) is 25.2 Å². The number of carbonyl (C=O) groups is 2. The molecule has 0 aliphatic heterocycles. The molecule has 1 aromatic carbocycles. The van der Waals surface area contributed by atoms with Crippen molar-refractivity contribution in [3.8, 4) is 0 Å². The molecule has 0 aromatic heterocycles. The Morgan fingerprint density at radius 3 is 1.24 bits per heavy atom. The van der Waals surface area contributed by atoms with Gasteiger partial charge in [-0.15, -0.1) is 0 Å². The van der Waals surface area contributed by atoms with Crippen LogP contribution in [0.15, 0.2) is 24.3 Å². The molecule has 1 aromatic rings. The highest BCUT2D eigenvalue weighted by molar-refractivity contribution is 5.89. The van der Waals surface area contributed by atoms with Crippen molar-refractivity contribution in [1.82, 2.24) is 0 Å². The second-order valence-corrected chi connectivity index (χ2v) is 9.86. The molecule has 1 rings (SSSR count). The summed E-state index contributed by atoms with van der Waals surface area (Å²) in [5, 5.41) is 3.31. The molecule has 0 unspecified atom stereocenters. The Bertz CT molecular complexity index is 827. The van der Waals surface area contributed by atoms with Crippen molar-refractivity contribution in [3.63, 3.8) is 0 Å². The molecule has 0 aliphatic carbocycles. The molecule has 0 bridgehead atoms. The molecule has 0 amide bonds. The summed E-state index contributed by atoms with van der Waals surface area (Å²) in [5.74, 6) is -0.555. The topological polar surface area (TPSA) is 138 Å². The quantitative estimate of drug-likeness (QED) is 0.0854. The summed E-state index contributed by atoms with van der Waals surface area (Å²) in [6, 6.07) is 7.28. The Hall–Kier alpha value is -2.36. The van der Waals surface area contributed by atoms with Gasteiger partial charge in [-0.1, -0.05) is 20.3 Å². The Kier molecular flexibility index (Phi) is 29.5. The Balaban J connectivity index is 1.72. The van der Waals surface area contributed by atoms with E-state index in [1.807, 2.05) is 19.1 Å². The third-order valence-electron chi connectivity index (χ3n) is 5.99. The molecule has 13 heteroatoms. The molecule has 1 N–H and O–H groups in total. The number of esters is 2. The van der Waals surface area contributed by atoms with Gasteiger partial charge < -0.3 is 52.7 Å². The monoisotopic (exact) mass is 659 g/mol. The van der Waals surface area contributed by atoms with Gasteiger partial charge >= 0.3 is 11.9 Å². The predicted octanol–water partition coefficient (Wildman–Crippen LogP) is 3.53. The van der Waals surface area contributed by atoms with Crippen molar-refractivity contribution in [2.75, 3.05) is 131 Å². The van der Waals surface area contributed by atoms with Crippen LogP contribution < -0.4 is 5.32 Å². The lowest BCUT2D eigenvalue weighted by atomic mass is 10.2. The van der Waals surface area contributed by atoms with E-state index in [0.717, 1.165) is 31.5 Å². The van der Waals surface area contributed by atoms with Gasteiger partial charge in [0, 0.05) is 18.7 Å². The van der Waals surface area contributed by atoms with Crippen molar-refractivity contribution in [2.45, 2.75) is 39.5 Å². The second-order valence-electron chi connectivity index (χ2n) is 9.86. The Labute approximate surface area is 274 Å². The van der Waals surface area contributed by atoms with Crippen LogP contribution >= 0.6 is 0 Å². The van der Waals surface area contributed by atoms with Crippen LogP contribution in [0.25, 0.3) is 0 Å². The Morgan fingerprint density at radius 1 is 0.500 bits per heavy atom. The number of hydrogen-bond donors (Lipinski definition) is 1. The van der Waals surface area contributed by atoms with Crippen molar-refractivity contribution >= 4 is 17.6 Å². The van der Waals surface area contributed by atoms with Crippen molar-refractivity contribution < 1.29 is 57.0 Å². The van der Waals surface area contributed by atoms with E-state index in [0.29, 0.717) is 118 Å². The number of benzene rings is 1. The van der Waals surface area contributed by atoms with Crippen LogP contribution in [0.4, 0.5) is 5.69 Å². The van der Waals surface area contributed by atoms with E-state index in [1.54, 1.807) is 12.1 Å². The summed E-state index contributed by atoms with van der Waals surface area (Å²) in [5.41, 5.74) is 1.51. The Morgan fingerprint density at radius 2 is 0.870 bits per heavy atom. The first-order valence-electron chi connectivity index (χ1n) is 16.5. The molecule has 0 atom stereocenters. The van der Waals surface area contributed by atoms with E-state index in [1.165, 1.54) is 0 Å². The maximum absolute atomic E-state index is 12.1. The second kappa shape index (κ2) is 32.6. The number of carbonyl (C=O) groups excluding carboxylic acids is 2. The minimum Gasteiger partial charge on any atom is -0.463 e. The first-order valence-corrected chi connectivity index (χ1v) is 16.5. The fraction of sp³-hybridized carbons (Fsp3) is 0.758. The normalized spacial score (nSPS) is 11.1. The zero-order chi connectivity index (χ0) is 33.2. The third kappa shape index (κ3) is 26.8. The van der Waals surface area contributed by atoms with Crippen molar-refractivity contribution in [3.05, 3.63) is 29.8 Å². The average molecular weight is 660 g/mol. The van der Waals surface area contributed by atoms with Gasteiger partial charge in [0.05, 0.1) is 111 Å². The number of rotatable bonds is 34. The van der Waals surface area contributed by atoms with Gasteiger partial charge in [-0.2, -0.15) is 0 Å². The van der Waals surface area contributed by atoms with Gasteiger partial charge in [0.15, 0.2) is 0 Å². The fourth-order valence-corrected chi connectivity index (χ4v) is 3.54. The molecule has 0 spiro atoms. The van der Waals surface area contributed by atoms with Gasteiger partial charge in [0.2, 0.25) is 0 Å². The highest BCUT2D eigenvalue weighted by Gasteiger charge is 2.07. The van der Waals surface area contributed by atoms with Crippen molar-refractivity contribution in [1.29, 1.82) is 0 Å². The van der Waals surface area contributed by atoms with Crippen LogP contribution in [-0.2, 0) is 52.2 Å². The zero-order valence-electron chi connectivity index (χ0n) is 28.0. The molecule has 13 nitrogen and oxygen atoms in total. The molecular formula is C33H57NO12. The van der Waals surface area contributed by atoms with Crippen LogP contribution in [0.5, 0.6) is 0 Å². The lowest BCUT2D eigenvalue weighted by molar-refractivity contribution is -0.145. The van der Waals surface area contributed by atoms with Gasteiger partial charge in [-0.3, -0.25) is 4.79 Å². The molecule has 0 heterocycles. The first-order chi connectivity index (χ1) is 22.7.